The first-order valence-electron chi connectivity index (χ1n) is 12.6. The molecule has 6 heteroatoms. The maximum Gasteiger partial charge on any atom is 0.241 e. The van der Waals surface area contributed by atoms with E-state index in [1.165, 1.54) is 0 Å². The van der Waals surface area contributed by atoms with Crippen LogP contribution in [0.5, 0.6) is 0 Å². The van der Waals surface area contributed by atoms with E-state index < -0.39 is 0 Å². The summed E-state index contributed by atoms with van der Waals surface area (Å²) >= 11 is 0. The first-order chi connectivity index (χ1) is 17.4. The van der Waals surface area contributed by atoms with Gasteiger partial charge in [0, 0.05) is 37.6 Å². The predicted octanol–water partition coefficient (Wildman–Crippen LogP) is 4.40. The van der Waals surface area contributed by atoms with Crippen molar-refractivity contribution in [1.82, 2.24) is 9.80 Å². The molecule has 0 radical (unpaired) electrons. The summed E-state index contributed by atoms with van der Waals surface area (Å²) in [6.45, 7) is 10.4. The zero-order valence-electron chi connectivity index (χ0n) is 21.5. The van der Waals surface area contributed by atoms with Crippen molar-refractivity contribution in [3.05, 3.63) is 95.1 Å². The van der Waals surface area contributed by atoms with Crippen molar-refractivity contribution < 1.29 is 9.59 Å². The van der Waals surface area contributed by atoms with Gasteiger partial charge in [-0.15, -0.1) is 0 Å². The highest BCUT2D eigenvalue weighted by atomic mass is 16.2. The molecule has 1 saturated heterocycles. The molecule has 0 aliphatic carbocycles. The minimum absolute atomic E-state index is 0.00158. The van der Waals surface area contributed by atoms with Gasteiger partial charge >= 0.3 is 0 Å². The number of nitrogens with one attached hydrogen (secondary N) is 1. The molecule has 1 aliphatic heterocycles. The number of nitrogens with zero attached hydrogens (tertiary/aromatic N) is 3. The van der Waals surface area contributed by atoms with Crippen molar-refractivity contribution >= 4 is 23.2 Å². The smallest absolute Gasteiger partial charge is 0.241 e. The Balaban J connectivity index is 1.32. The van der Waals surface area contributed by atoms with Crippen LogP contribution in [0.15, 0.2) is 72.8 Å². The first-order valence-corrected chi connectivity index (χ1v) is 12.6. The highest BCUT2D eigenvalue weighted by Gasteiger charge is 2.24. The molecule has 6 nitrogen and oxygen atoms in total. The second-order valence-corrected chi connectivity index (χ2v) is 9.65. The maximum absolute atomic E-state index is 13.5. The van der Waals surface area contributed by atoms with Gasteiger partial charge in [0.05, 0.1) is 19.6 Å². The summed E-state index contributed by atoms with van der Waals surface area (Å²) in [7, 11) is 0. The Kier molecular flexibility index (Phi) is 8.52. The molecule has 0 spiro atoms. The SMILES string of the molecule is Cc1cccc(N(Cc2ccccc2)C(=O)CN2CCN(CC(=O)Nc3cccc(C)c3C)CC2)c1. The second-order valence-electron chi connectivity index (χ2n) is 9.65. The highest BCUT2D eigenvalue weighted by Crippen LogP contribution is 2.20. The van der Waals surface area contributed by atoms with Crippen LogP contribution in [-0.4, -0.2) is 60.9 Å². The Morgan fingerprint density at radius 2 is 1.47 bits per heavy atom. The van der Waals surface area contributed by atoms with Crippen LogP contribution in [0.2, 0.25) is 0 Å². The average Bonchev–Trinajstić information content (AvgIpc) is 2.87. The topological polar surface area (TPSA) is 55.9 Å². The van der Waals surface area contributed by atoms with Crippen molar-refractivity contribution in [1.29, 1.82) is 0 Å². The molecule has 36 heavy (non-hydrogen) atoms. The third kappa shape index (κ3) is 6.80. The Labute approximate surface area is 214 Å². The molecule has 1 aliphatic rings. The van der Waals surface area contributed by atoms with E-state index in [0.29, 0.717) is 19.6 Å². The number of aryl methyl sites for hydroxylation is 2. The summed E-state index contributed by atoms with van der Waals surface area (Å²) in [6.07, 6.45) is 0. The molecule has 0 aromatic heterocycles. The van der Waals surface area contributed by atoms with E-state index in [-0.39, 0.29) is 11.8 Å². The van der Waals surface area contributed by atoms with Crippen molar-refractivity contribution in [3.63, 3.8) is 0 Å². The number of amides is 2. The van der Waals surface area contributed by atoms with Gasteiger partial charge in [-0.05, 0) is 61.2 Å². The minimum atomic E-state index is 0.00158. The van der Waals surface area contributed by atoms with Gasteiger partial charge in [0.2, 0.25) is 11.8 Å². The molecule has 188 valence electrons. The van der Waals surface area contributed by atoms with Gasteiger partial charge in [-0.3, -0.25) is 19.4 Å². The van der Waals surface area contributed by atoms with Gasteiger partial charge < -0.3 is 10.2 Å². The Hall–Kier alpha value is -3.48. The fourth-order valence-corrected chi connectivity index (χ4v) is 4.55. The lowest BCUT2D eigenvalue weighted by molar-refractivity contribution is -0.121. The fraction of sp³-hybridized carbons (Fsp3) is 0.333. The summed E-state index contributed by atoms with van der Waals surface area (Å²) in [6, 6.07) is 24.2. The van der Waals surface area contributed by atoms with E-state index in [4.69, 9.17) is 0 Å². The summed E-state index contributed by atoms with van der Waals surface area (Å²) < 4.78 is 0. The number of carbonyl (C=O) groups excluding carboxylic acids is 2. The van der Waals surface area contributed by atoms with Crippen molar-refractivity contribution in [2.75, 3.05) is 49.5 Å². The molecule has 1 N–H and O–H groups in total. The molecule has 0 unspecified atom stereocenters. The molecular weight excluding hydrogens is 448 g/mol. The molecule has 3 aromatic carbocycles. The van der Waals surface area contributed by atoms with Crippen molar-refractivity contribution in [2.24, 2.45) is 0 Å². The van der Waals surface area contributed by atoms with Gasteiger partial charge in [0.25, 0.3) is 0 Å². The lowest BCUT2D eigenvalue weighted by Crippen LogP contribution is -2.51. The molecule has 0 saturated carbocycles. The fourth-order valence-electron chi connectivity index (χ4n) is 4.55. The van der Waals surface area contributed by atoms with E-state index in [1.54, 1.807) is 0 Å². The highest BCUT2D eigenvalue weighted by molar-refractivity contribution is 5.95. The largest absolute Gasteiger partial charge is 0.325 e. The van der Waals surface area contributed by atoms with Gasteiger partial charge in [-0.25, -0.2) is 0 Å². The van der Waals surface area contributed by atoms with Crippen LogP contribution in [0.3, 0.4) is 0 Å². The lowest BCUT2D eigenvalue weighted by Gasteiger charge is -2.35. The second kappa shape index (κ2) is 12.0. The number of hydrogen-bond donors (Lipinski definition) is 1. The summed E-state index contributed by atoms with van der Waals surface area (Å²) in [5.74, 6) is 0.0901. The number of piperazine rings is 1. The summed E-state index contributed by atoms with van der Waals surface area (Å²) in [4.78, 5) is 32.3. The number of carbonyl (C=O) groups is 2. The molecule has 4 rings (SSSR count). The normalized spacial score (nSPS) is 14.4. The van der Waals surface area contributed by atoms with Crippen LogP contribution in [0.4, 0.5) is 11.4 Å². The zero-order valence-corrected chi connectivity index (χ0v) is 21.5. The van der Waals surface area contributed by atoms with E-state index in [1.807, 2.05) is 80.3 Å². The van der Waals surface area contributed by atoms with Crippen LogP contribution < -0.4 is 10.2 Å². The molecule has 0 bridgehead atoms. The predicted molar refractivity (Wildman–Crippen MR) is 146 cm³/mol. The van der Waals surface area contributed by atoms with E-state index in [0.717, 1.165) is 59.8 Å². The molecular formula is C30H36N4O2. The Morgan fingerprint density at radius 3 is 2.17 bits per heavy atom. The molecule has 2 amide bonds. The zero-order chi connectivity index (χ0) is 25.5. The van der Waals surface area contributed by atoms with E-state index >= 15 is 0 Å². The minimum Gasteiger partial charge on any atom is -0.325 e. The summed E-state index contributed by atoms with van der Waals surface area (Å²) in [5.41, 5.74) is 6.29. The quantitative estimate of drug-likeness (QED) is 0.515. The summed E-state index contributed by atoms with van der Waals surface area (Å²) in [5, 5.41) is 3.05. The number of benzene rings is 3. The van der Waals surface area contributed by atoms with E-state index in [9.17, 15) is 9.59 Å². The lowest BCUT2D eigenvalue weighted by atomic mass is 10.1. The van der Waals surface area contributed by atoms with Gasteiger partial charge in [-0.1, -0.05) is 54.6 Å². The monoisotopic (exact) mass is 484 g/mol. The third-order valence-corrected chi connectivity index (χ3v) is 6.87. The van der Waals surface area contributed by atoms with Crippen LogP contribution in [0.1, 0.15) is 22.3 Å². The van der Waals surface area contributed by atoms with Gasteiger partial charge in [0.15, 0.2) is 0 Å². The van der Waals surface area contributed by atoms with Gasteiger partial charge in [0.1, 0.15) is 0 Å². The Morgan fingerprint density at radius 1 is 0.806 bits per heavy atom. The maximum atomic E-state index is 13.5. The number of anilines is 2. The van der Waals surface area contributed by atoms with Crippen LogP contribution in [0, 0.1) is 20.8 Å². The molecule has 0 atom stereocenters. The molecule has 1 heterocycles. The van der Waals surface area contributed by atoms with Gasteiger partial charge in [-0.2, -0.15) is 0 Å². The van der Waals surface area contributed by atoms with Crippen LogP contribution in [-0.2, 0) is 16.1 Å². The standard InChI is InChI=1S/C30H36N4O2/c1-23-9-7-13-27(19-23)34(20-26-11-5-4-6-12-26)30(36)22-33-17-15-32(16-18-33)21-29(35)31-28-14-8-10-24(2)25(28)3/h4-14,19H,15-18,20-22H2,1-3H3,(H,31,35). The van der Waals surface area contributed by atoms with E-state index in [2.05, 4.69) is 33.3 Å². The molecule has 1 fully saturated rings. The number of hydrogen-bond acceptors (Lipinski definition) is 4. The van der Waals surface area contributed by atoms with Crippen LogP contribution in [0.25, 0.3) is 0 Å². The average molecular weight is 485 g/mol. The number of rotatable bonds is 8. The van der Waals surface area contributed by atoms with Crippen LogP contribution >= 0.6 is 0 Å². The third-order valence-electron chi connectivity index (χ3n) is 6.87. The first kappa shape index (κ1) is 25.6. The Bertz CT molecular complexity index is 1190. The van der Waals surface area contributed by atoms with Crippen molar-refractivity contribution in [3.8, 4) is 0 Å². The van der Waals surface area contributed by atoms with Crippen molar-refractivity contribution in [2.45, 2.75) is 27.3 Å². The molecule has 3 aromatic rings.